The third-order valence-electron chi connectivity index (χ3n) is 15.1. The van der Waals surface area contributed by atoms with Crippen molar-refractivity contribution in [1.82, 2.24) is 0 Å². The van der Waals surface area contributed by atoms with Crippen LogP contribution in [-0.4, -0.2) is 37.2 Å². The fourth-order valence-electron chi connectivity index (χ4n) is 9.88. The van der Waals surface area contributed by atoms with Gasteiger partial charge in [0.15, 0.2) is 6.10 Å². The summed E-state index contributed by atoms with van der Waals surface area (Å²) in [5, 5.41) is 0. The lowest BCUT2D eigenvalue weighted by Crippen LogP contribution is -2.30. The van der Waals surface area contributed by atoms with Crippen LogP contribution in [0.4, 0.5) is 0 Å². The van der Waals surface area contributed by atoms with Gasteiger partial charge in [-0.2, -0.15) is 0 Å². The van der Waals surface area contributed by atoms with Crippen LogP contribution >= 0.6 is 0 Å². The van der Waals surface area contributed by atoms with Crippen molar-refractivity contribution in [1.29, 1.82) is 0 Å². The van der Waals surface area contributed by atoms with Gasteiger partial charge in [-0.1, -0.05) is 323 Å². The van der Waals surface area contributed by atoms with Crippen molar-refractivity contribution in [2.24, 2.45) is 0 Å². The molecular formula is C75H130O6. The van der Waals surface area contributed by atoms with Gasteiger partial charge in [0.05, 0.1) is 0 Å². The second-order valence-electron chi connectivity index (χ2n) is 23.1. The molecule has 0 aliphatic heterocycles. The van der Waals surface area contributed by atoms with Crippen LogP contribution in [0.2, 0.25) is 0 Å². The summed E-state index contributed by atoms with van der Waals surface area (Å²) in [4.78, 5) is 38.3. The summed E-state index contributed by atoms with van der Waals surface area (Å²) in [5.74, 6) is -0.887. The first-order chi connectivity index (χ1) is 40.0. The quantitative estimate of drug-likeness (QED) is 0.0261. The first-order valence-corrected chi connectivity index (χ1v) is 34.7. The number of ether oxygens (including phenoxy) is 3. The zero-order valence-corrected chi connectivity index (χ0v) is 53.5. The van der Waals surface area contributed by atoms with Gasteiger partial charge in [0.25, 0.3) is 0 Å². The van der Waals surface area contributed by atoms with Crippen LogP contribution in [-0.2, 0) is 28.6 Å². The largest absolute Gasteiger partial charge is 0.462 e. The molecule has 0 aliphatic rings. The highest BCUT2D eigenvalue weighted by Gasteiger charge is 2.19. The Morgan fingerprint density at radius 1 is 0.259 bits per heavy atom. The second kappa shape index (κ2) is 68.8. The fourth-order valence-corrected chi connectivity index (χ4v) is 9.88. The number of allylic oxidation sites excluding steroid dienone is 16. The van der Waals surface area contributed by atoms with E-state index in [9.17, 15) is 14.4 Å². The zero-order chi connectivity index (χ0) is 58.5. The van der Waals surface area contributed by atoms with Gasteiger partial charge < -0.3 is 14.2 Å². The SMILES string of the molecule is CC/C=C\C/C=C\C/C=C\C/C=C\C/C=C\C/C=C\C/C=C\CCCCCCCCCC(=O)OCC(COC(=O)CCCCCCC/C=C\CCCC)OC(=O)CCCCCCCCCCCCCCCCCCCCCCCCC. The minimum atomic E-state index is -0.785. The fraction of sp³-hybridized carbons (Fsp3) is 0.747. The molecule has 0 fully saturated rings. The molecular weight excluding hydrogens is 997 g/mol. The van der Waals surface area contributed by atoms with Gasteiger partial charge in [-0.15, -0.1) is 0 Å². The Kier molecular flexibility index (Phi) is 65.7. The van der Waals surface area contributed by atoms with Crippen LogP contribution in [0.3, 0.4) is 0 Å². The van der Waals surface area contributed by atoms with E-state index < -0.39 is 6.10 Å². The van der Waals surface area contributed by atoms with Gasteiger partial charge in [0.1, 0.15) is 13.2 Å². The van der Waals surface area contributed by atoms with Crippen LogP contribution in [0, 0.1) is 0 Å². The molecule has 0 aromatic rings. The summed E-state index contributed by atoms with van der Waals surface area (Å²) in [6, 6.07) is 0. The summed E-state index contributed by atoms with van der Waals surface area (Å²) in [5.41, 5.74) is 0. The van der Waals surface area contributed by atoms with Crippen LogP contribution in [0.15, 0.2) is 97.2 Å². The molecule has 1 atom stereocenters. The molecule has 0 bridgehead atoms. The maximum atomic E-state index is 12.9. The molecule has 0 N–H and O–H groups in total. The smallest absolute Gasteiger partial charge is 0.306 e. The Morgan fingerprint density at radius 3 is 0.802 bits per heavy atom. The van der Waals surface area contributed by atoms with Crippen molar-refractivity contribution in [2.75, 3.05) is 13.2 Å². The van der Waals surface area contributed by atoms with Crippen molar-refractivity contribution < 1.29 is 28.6 Å². The van der Waals surface area contributed by atoms with E-state index in [1.807, 2.05) is 0 Å². The minimum absolute atomic E-state index is 0.0825. The summed E-state index contributed by atoms with van der Waals surface area (Å²) >= 11 is 0. The molecule has 0 aromatic heterocycles. The maximum Gasteiger partial charge on any atom is 0.306 e. The van der Waals surface area contributed by atoms with Crippen molar-refractivity contribution in [3.63, 3.8) is 0 Å². The van der Waals surface area contributed by atoms with E-state index in [-0.39, 0.29) is 31.1 Å². The molecule has 6 nitrogen and oxygen atoms in total. The van der Waals surface area contributed by atoms with Crippen LogP contribution in [0.1, 0.15) is 342 Å². The normalized spacial score (nSPS) is 12.7. The lowest BCUT2D eigenvalue weighted by atomic mass is 10.0. The molecule has 1 unspecified atom stereocenters. The summed E-state index contributed by atoms with van der Waals surface area (Å²) in [6.07, 6.45) is 92.9. The second-order valence-corrected chi connectivity index (χ2v) is 23.1. The van der Waals surface area contributed by atoms with Gasteiger partial charge in [-0.3, -0.25) is 14.4 Å². The first-order valence-electron chi connectivity index (χ1n) is 34.7. The number of hydrogen-bond donors (Lipinski definition) is 0. The Labute approximate surface area is 502 Å². The molecule has 0 saturated carbocycles. The van der Waals surface area contributed by atoms with Crippen LogP contribution in [0.5, 0.6) is 0 Å². The molecule has 466 valence electrons. The van der Waals surface area contributed by atoms with Crippen LogP contribution in [0.25, 0.3) is 0 Å². The van der Waals surface area contributed by atoms with Gasteiger partial charge >= 0.3 is 17.9 Å². The number of rotatable bonds is 63. The molecule has 6 heteroatoms. The van der Waals surface area contributed by atoms with E-state index in [1.165, 1.54) is 186 Å². The highest BCUT2D eigenvalue weighted by Crippen LogP contribution is 2.17. The van der Waals surface area contributed by atoms with Crippen molar-refractivity contribution in [2.45, 2.75) is 348 Å². The Morgan fingerprint density at radius 2 is 0.494 bits per heavy atom. The number of unbranched alkanes of at least 4 members (excludes halogenated alkanes) is 36. The topological polar surface area (TPSA) is 78.9 Å². The third-order valence-corrected chi connectivity index (χ3v) is 15.1. The minimum Gasteiger partial charge on any atom is -0.462 e. The molecule has 0 aromatic carbocycles. The van der Waals surface area contributed by atoms with Gasteiger partial charge in [-0.25, -0.2) is 0 Å². The highest BCUT2D eigenvalue weighted by molar-refractivity contribution is 5.71. The average molecular weight is 1130 g/mol. The molecule has 0 amide bonds. The Hall–Kier alpha value is -3.67. The monoisotopic (exact) mass is 1130 g/mol. The van der Waals surface area contributed by atoms with E-state index in [4.69, 9.17) is 14.2 Å². The van der Waals surface area contributed by atoms with E-state index in [2.05, 4.69) is 118 Å². The molecule has 0 radical (unpaired) electrons. The molecule has 0 heterocycles. The maximum absolute atomic E-state index is 12.9. The van der Waals surface area contributed by atoms with E-state index >= 15 is 0 Å². The molecule has 0 rings (SSSR count). The lowest BCUT2D eigenvalue weighted by molar-refractivity contribution is -0.167. The first kappa shape index (κ1) is 77.3. The average Bonchev–Trinajstić information content (AvgIpc) is 3.47. The molecule has 0 aliphatic carbocycles. The van der Waals surface area contributed by atoms with Gasteiger partial charge in [-0.05, 0) is 96.3 Å². The Bertz CT molecular complexity index is 1580. The number of esters is 3. The third kappa shape index (κ3) is 67.0. The summed E-state index contributed by atoms with van der Waals surface area (Å²) in [6.45, 7) is 6.51. The Balaban J connectivity index is 4.26. The predicted molar refractivity (Wildman–Crippen MR) is 353 cm³/mol. The summed E-state index contributed by atoms with van der Waals surface area (Å²) in [7, 11) is 0. The van der Waals surface area contributed by atoms with E-state index in [0.717, 1.165) is 116 Å². The zero-order valence-electron chi connectivity index (χ0n) is 53.5. The van der Waals surface area contributed by atoms with Gasteiger partial charge in [0, 0.05) is 19.3 Å². The number of hydrogen-bond acceptors (Lipinski definition) is 6. The van der Waals surface area contributed by atoms with Crippen molar-refractivity contribution >= 4 is 17.9 Å². The molecule has 0 spiro atoms. The van der Waals surface area contributed by atoms with E-state index in [0.29, 0.717) is 19.3 Å². The van der Waals surface area contributed by atoms with Gasteiger partial charge in [0.2, 0.25) is 0 Å². The van der Waals surface area contributed by atoms with E-state index in [1.54, 1.807) is 0 Å². The molecule has 81 heavy (non-hydrogen) atoms. The predicted octanol–water partition coefficient (Wildman–Crippen LogP) is 24.0. The standard InChI is InChI=1S/C75H130O6/c1-4-7-10-13-16-19-22-24-26-28-30-32-34-35-36-37-38-39-41-42-44-46-48-50-53-56-59-62-65-68-74(77)80-71-72(70-79-73(76)67-64-61-58-55-52-21-18-15-12-9-6-3)81-75(78)69-66-63-60-57-54-51-49-47-45-43-40-33-31-29-27-25-23-20-17-14-11-8-5-2/h7,10,15-16,18-19,24,26,30,32,35-36,38-39,42,44,72H,4-6,8-9,11-14,17,20-23,25,27-29,31,33-34,37,40-41,43,45-71H2,1-3H3/b10-7-,18-15-,19-16-,26-24-,32-30-,36-35-,39-38-,44-42-. The molecule has 0 saturated heterocycles. The van der Waals surface area contributed by atoms with Crippen LogP contribution < -0.4 is 0 Å². The highest BCUT2D eigenvalue weighted by atomic mass is 16.6. The number of carbonyl (C=O) groups is 3. The van der Waals surface area contributed by atoms with Crippen molar-refractivity contribution in [3.8, 4) is 0 Å². The number of carbonyl (C=O) groups excluding carboxylic acids is 3. The van der Waals surface area contributed by atoms with Crippen molar-refractivity contribution in [3.05, 3.63) is 97.2 Å². The summed E-state index contributed by atoms with van der Waals surface area (Å²) < 4.78 is 16.9. The lowest BCUT2D eigenvalue weighted by Gasteiger charge is -2.18.